The maximum absolute atomic E-state index is 4.18. The van der Waals surface area contributed by atoms with Crippen LogP contribution in [0.4, 0.5) is 0 Å². The Morgan fingerprint density at radius 1 is 0.167 bits per heavy atom. The Kier molecular flexibility index (Phi) is 16.5. The first-order valence-corrected chi connectivity index (χ1v) is 20.1. The van der Waals surface area contributed by atoms with Gasteiger partial charge in [0.05, 0.1) is 0 Å². The van der Waals surface area contributed by atoms with E-state index < -0.39 is 0 Å². The molecule has 9 nitrogen and oxygen atoms in total. The fourth-order valence-corrected chi connectivity index (χ4v) is 5.21. The Bertz CT molecular complexity index is 2790. The minimum atomic E-state index is 0.832. The van der Waals surface area contributed by atoms with Crippen LogP contribution in [0.1, 0.15) is 66.8 Å². The molecule has 0 atom stereocenters. The molecule has 0 radical (unpaired) electrons. The maximum Gasteiger partial charge on any atom is 0.0444 e. The molecule has 0 aliphatic carbocycles. The lowest BCUT2D eigenvalue weighted by Gasteiger charge is -1.92. The van der Waals surface area contributed by atoms with Crippen LogP contribution in [0.25, 0.3) is 0 Å². The van der Waals surface area contributed by atoms with Gasteiger partial charge in [-0.05, 0) is 91.0 Å². The second-order valence-electron chi connectivity index (χ2n) is 13.3. The third kappa shape index (κ3) is 15.6. The summed E-state index contributed by atoms with van der Waals surface area (Å²) in [5.41, 5.74) is 10.5. The second-order valence-corrected chi connectivity index (χ2v) is 13.3. The average molecular weight is 844 g/mol. The number of aromatic nitrogens is 9. The van der Waals surface area contributed by atoms with Crippen molar-refractivity contribution in [2.75, 3.05) is 0 Å². The summed E-state index contributed by atoms with van der Waals surface area (Å²) < 4.78 is 0. The average Bonchev–Trinajstić information content (AvgIpc) is 3.40. The summed E-state index contributed by atoms with van der Waals surface area (Å²) >= 11 is 0. The topological polar surface area (TPSA) is 116 Å². The van der Waals surface area contributed by atoms with E-state index in [0.717, 1.165) is 66.8 Å². The predicted molar refractivity (Wildman–Crippen MR) is 254 cm³/mol. The van der Waals surface area contributed by atoms with Gasteiger partial charge in [-0.15, -0.1) is 0 Å². The Morgan fingerprint density at radius 2 is 0.303 bits per heavy atom. The van der Waals surface area contributed by atoms with E-state index in [9.17, 15) is 0 Å². The molecule has 0 unspecified atom stereocenters. The van der Waals surface area contributed by atoms with Gasteiger partial charge < -0.3 is 0 Å². The molecule has 0 spiro atoms. The first-order chi connectivity index (χ1) is 32.7. The van der Waals surface area contributed by atoms with Gasteiger partial charge in [0.2, 0.25) is 0 Å². The largest absolute Gasteiger partial charge is 0.265 e. The number of hydrogen-bond acceptors (Lipinski definition) is 9. The number of hydrogen-bond donors (Lipinski definition) is 0. The molecule has 9 heteroatoms. The van der Waals surface area contributed by atoms with Crippen LogP contribution >= 0.6 is 0 Å². The quantitative estimate of drug-likeness (QED) is 0.140. The zero-order valence-electron chi connectivity index (χ0n) is 35.1. The number of rotatable bonds is 0. The third-order valence-corrected chi connectivity index (χ3v) is 8.40. The van der Waals surface area contributed by atoms with Gasteiger partial charge in [0.15, 0.2) is 0 Å². The highest BCUT2D eigenvalue weighted by atomic mass is 14.6. The summed E-state index contributed by atoms with van der Waals surface area (Å²) in [5.74, 6) is 36.9. The van der Waals surface area contributed by atoms with E-state index in [1.54, 1.807) is 112 Å². The molecule has 9 aromatic heterocycles. The summed E-state index contributed by atoms with van der Waals surface area (Å²) in [6.07, 6.45) is 31.0. The van der Waals surface area contributed by atoms with E-state index in [-0.39, 0.29) is 0 Å². The summed E-state index contributed by atoms with van der Waals surface area (Å²) in [7, 11) is 0. The first-order valence-electron chi connectivity index (χ1n) is 20.1. The number of nitrogens with zero attached hydrogens (tertiary/aromatic N) is 9. The van der Waals surface area contributed by atoms with Gasteiger partial charge >= 0.3 is 0 Å². The first kappa shape index (κ1) is 43.8. The van der Waals surface area contributed by atoms with Crippen molar-refractivity contribution < 1.29 is 0 Å². The molecule has 0 bridgehead atoms. The summed E-state index contributed by atoms with van der Waals surface area (Å²) in [5, 5.41) is 0. The third-order valence-electron chi connectivity index (χ3n) is 8.40. The van der Waals surface area contributed by atoms with Crippen molar-refractivity contribution in [1.29, 1.82) is 0 Å². The van der Waals surface area contributed by atoms with Gasteiger partial charge in [-0.25, -0.2) is 0 Å². The molecule has 66 heavy (non-hydrogen) atoms. The summed E-state index contributed by atoms with van der Waals surface area (Å²) in [4.78, 5) is 36.3. The summed E-state index contributed by atoms with van der Waals surface area (Å²) in [6.45, 7) is 0. The Balaban J connectivity index is 0.000000147. The van der Waals surface area contributed by atoms with Gasteiger partial charge in [-0.1, -0.05) is 71.0 Å². The Morgan fingerprint density at radius 3 is 0.455 bits per heavy atom. The van der Waals surface area contributed by atoms with Gasteiger partial charge in [0.25, 0.3) is 0 Å². The van der Waals surface area contributed by atoms with Crippen molar-refractivity contribution in [1.82, 2.24) is 44.9 Å². The SMILES string of the molecule is C(#Cc1cncc(C#Cc2ccncc2)c1)c1ccncc1.C(#Cc1cncc(C#Cc2ccncc2)c1)c1ccncc1.C(#Cc1cncc(C#Cc2ccncc2)c1)c1ccncc1. The maximum atomic E-state index is 4.18. The molecule has 9 rings (SSSR count). The van der Waals surface area contributed by atoms with Gasteiger partial charge in [-0.2, -0.15) is 0 Å². The molecule has 0 aliphatic rings. The van der Waals surface area contributed by atoms with Gasteiger partial charge in [0.1, 0.15) is 0 Å². The van der Waals surface area contributed by atoms with E-state index in [1.807, 2.05) is 91.0 Å². The predicted octanol–water partition coefficient (Wildman–Crippen LogP) is 8.01. The highest BCUT2D eigenvalue weighted by Gasteiger charge is 1.95. The molecule has 9 heterocycles. The van der Waals surface area contributed by atoms with E-state index in [0.29, 0.717) is 0 Å². The molecule has 0 aromatic carbocycles. The normalized spacial score (nSPS) is 9.09. The molecule has 0 saturated carbocycles. The van der Waals surface area contributed by atoms with Crippen LogP contribution in [-0.2, 0) is 0 Å². The molecule has 306 valence electrons. The van der Waals surface area contributed by atoms with Crippen molar-refractivity contribution >= 4 is 0 Å². The molecular weight excluding hydrogens is 811 g/mol. The van der Waals surface area contributed by atoms with Gasteiger partial charge in [0, 0.05) is 178 Å². The molecule has 0 amide bonds. The lowest BCUT2D eigenvalue weighted by atomic mass is 10.2. The zero-order chi connectivity index (χ0) is 45.1. The van der Waals surface area contributed by atoms with E-state index in [1.165, 1.54) is 0 Å². The highest BCUT2D eigenvalue weighted by Crippen LogP contribution is 2.05. The van der Waals surface area contributed by atoms with E-state index in [4.69, 9.17) is 0 Å². The zero-order valence-corrected chi connectivity index (χ0v) is 35.1. The molecular formula is C57H33N9. The van der Waals surface area contributed by atoms with Crippen LogP contribution in [-0.4, -0.2) is 44.9 Å². The van der Waals surface area contributed by atoms with Crippen molar-refractivity contribution in [2.45, 2.75) is 0 Å². The van der Waals surface area contributed by atoms with Crippen molar-refractivity contribution in [3.63, 3.8) is 0 Å². The van der Waals surface area contributed by atoms with Crippen LogP contribution in [0.15, 0.2) is 203 Å². The fourth-order valence-electron chi connectivity index (χ4n) is 5.21. The minimum Gasteiger partial charge on any atom is -0.265 e. The lowest BCUT2D eigenvalue weighted by Crippen LogP contribution is -1.83. The van der Waals surface area contributed by atoms with Crippen LogP contribution in [0.5, 0.6) is 0 Å². The second kappa shape index (κ2) is 24.8. The Labute approximate surface area is 383 Å². The molecule has 9 aromatic rings. The van der Waals surface area contributed by atoms with Crippen LogP contribution in [0.3, 0.4) is 0 Å². The smallest absolute Gasteiger partial charge is 0.0444 e. The Hall–Kier alpha value is -10.3. The molecule has 0 aliphatic heterocycles. The van der Waals surface area contributed by atoms with E-state index >= 15 is 0 Å². The van der Waals surface area contributed by atoms with Crippen molar-refractivity contribution in [2.24, 2.45) is 0 Å². The van der Waals surface area contributed by atoms with Crippen molar-refractivity contribution in [3.8, 4) is 71.0 Å². The fraction of sp³-hybridized carbons (Fsp3) is 0. The molecule has 0 fully saturated rings. The minimum absolute atomic E-state index is 0.832. The van der Waals surface area contributed by atoms with Crippen LogP contribution in [0, 0.1) is 71.0 Å². The summed E-state index contributed by atoms with van der Waals surface area (Å²) in [6, 6.07) is 28.2. The highest BCUT2D eigenvalue weighted by molar-refractivity contribution is 5.50. The molecule has 0 N–H and O–H groups in total. The van der Waals surface area contributed by atoms with Crippen LogP contribution in [0.2, 0.25) is 0 Å². The standard InChI is InChI=1S/3C19H11N3/c3*1(16-5-9-20-10-6-16)3-18-13-19(15-22-14-18)4-2-17-7-11-21-12-8-17/h3*5-15H. The van der Waals surface area contributed by atoms with Crippen LogP contribution < -0.4 is 0 Å². The molecule has 0 saturated heterocycles. The van der Waals surface area contributed by atoms with Crippen molar-refractivity contribution in [3.05, 3.63) is 269 Å². The lowest BCUT2D eigenvalue weighted by molar-refractivity contribution is 1.30. The number of pyridine rings is 9. The van der Waals surface area contributed by atoms with E-state index in [2.05, 4.69) is 116 Å². The monoisotopic (exact) mass is 843 g/mol. The van der Waals surface area contributed by atoms with Gasteiger partial charge in [-0.3, -0.25) is 44.9 Å².